The van der Waals surface area contributed by atoms with Crippen molar-refractivity contribution in [3.05, 3.63) is 11.6 Å². The SMILES string of the molecule is CCC1=CCP(C)C1. The zero-order valence-corrected chi connectivity index (χ0v) is 6.54. The van der Waals surface area contributed by atoms with Crippen molar-refractivity contribution < 1.29 is 0 Å². The Morgan fingerprint density at radius 3 is 2.75 bits per heavy atom. The van der Waals surface area contributed by atoms with E-state index in [1.807, 2.05) is 0 Å². The van der Waals surface area contributed by atoms with Gasteiger partial charge in [0.2, 0.25) is 0 Å². The highest BCUT2D eigenvalue weighted by Crippen LogP contribution is 2.39. The molecule has 1 unspecified atom stereocenters. The maximum atomic E-state index is 2.42. The number of rotatable bonds is 1. The van der Waals surface area contributed by atoms with Crippen LogP contribution >= 0.6 is 7.92 Å². The van der Waals surface area contributed by atoms with Gasteiger partial charge in [-0.3, -0.25) is 0 Å². The molecule has 0 aliphatic carbocycles. The van der Waals surface area contributed by atoms with Crippen LogP contribution in [0.15, 0.2) is 11.6 Å². The van der Waals surface area contributed by atoms with Crippen LogP contribution in [-0.2, 0) is 0 Å². The van der Waals surface area contributed by atoms with Gasteiger partial charge in [0.15, 0.2) is 0 Å². The maximum absolute atomic E-state index is 2.42. The summed E-state index contributed by atoms with van der Waals surface area (Å²) in [6, 6.07) is 0. The molecular formula is C7H13P. The van der Waals surface area contributed by atoms with Crippen LogP contribution < -0.4 is 0 Å². The molecule has 8 heavy (non-hydrogen) atoms. The molecule has 0 bridgehead atoms. The third-order valence-electron chi connectivity index (χ3n) is 1.62. The summed E-state index contributed by atoms with van der Waals surface area (Å²) < 4.78 is 0. The molecule has 46 valence electrons. The van der Waals surface area contributed by atoms with Crippen molar-refractivity contribution in [3.63, 3.8) is 0 Å². The predicted octanol–water partition coefficient (Wildman–Crippen LogP) is 2.45. The normalized spacial score (nSPS) is 28.2. The van der Waals surface area contributed by atoms with Crippen LogP contribution in [0.25, 0.3) is 0 Å². The molecule has 0 aromatic heterocycles. The van der Waals surface area contributed by atoms with E-state index in [9.17, 15) is 0 Å². The van der Waals surface area contributed by atoms with Crippen molar-refractivity contribution in [1.82, 2.24) is 0 Å². The van der Waals surface area contributed by atoms with Crippen molar-refractivity contribution in [2.24, 2.45) is 0 Å². The Morgan fingerprint density at radius 2 is 2.50 bits per heavy atom. The van der Waals surface area contributed by atoms with Gasteiger partial charge in [-0.05, 0) is 25.4 Å². The zero-order valence-electron chi connectivity index (χ0n) is 5.65. The van der Waals surface area contributed by atoms with Gasteiger partial charge in [0.1, 0.15) is 0 Å². The summed E-state index contributed by atoms with van der Waals surface area (Å²) in [7, 11) is 0.397. The van der Waals surface area contributed by atoms with E-state index in [-0.39, 0.29) is 0 Å². The van der Waals surface area contributed by atoms with E-state index in [4.69, 9.17) is 0 Å². The Bertz CT molecular complexity index is 105. The van der Waals surface area contributed by atoms with Gasteiger partial charge < -0.3 is 0 Å². The molecule has 0 N–H and O–H groups in total. The third kappa shape index (κ3) is 1.32. The van der Waals surface area contributed by atoms with Crippen molar-refractivity contribution in [2.75, 3.05) is 19.0 Å². The molecule has 1 atom stereocenters. The fourth-order valence-electron chi connectivity index (χ4n) is 1.02. The molecule has 1 rings (SSSR count). The minimum absolute atomic E-state index is 0.397. The fraction of sp³-hybridized carbons (Fsp3) is 0.714. The molecular weight excluding hydrogens is 115 g/mol. The lowest BCUT2D eigenvalue weighted by Gasteiger charge is -1.99. The second-order valence-corrected chi connectivity index (χ2v) is 4.81. The molecule has 1 aliphatic rings. The van der Waals surface area contributed by atoms with E-state index >= 15 is 0 Å². The summed E-state index contributed by atoms with van der Waals surface area (Å²) in [6.45, 7) is 4.63. The second kappa shape index (κ2) is 2.64. The molecule has 0 fully saturated rings. The average molecular weight is 128 g/mol. The lowest BCUT2D eigenvalue weighted by atomic mass is 10.2. The standard InChI is InChI=1S/C7H13P/c1-3-7-4-5-8(2)6-7/h4H,3,5-6H2,1-2H3. The summed E-state index contributed by atoms with van der Waals surface area (Å²) >= 11 is 0. The van der Waals surface area contributed by atoms with Gasteiger partial charge in [-0.15, -0.1) is 7.92 Å². The monoisotopic (exact) mass is 128 g/mol. The molecule has 0 saturated heterocycles. The fourth-order valence-corrected chi connectivity index (χ4v) is 2.76. The molecule has 1 aliphatic heterocycles. The van der Waals surface area contributed by atoms with E-state index < -0.39 is 0 Å². The summed E-state index contributed by atoms with van der Waals surface area (Å²) in [5.41, 5.74) is 1.69. The molecule has 1 heterocycles. The minimum atomic E-state index is 0.397. The van der Waals surface area contributed by atoms with Gasteiger partial charge in [0, 0.05) is 0 Å². The Labute approximate surface area is 52.7 Å². The first-order chi connectivity index (χ1) is 3.83. The summed E-state index contributed by atoms with van der Waals surface area (Å²) in [5.74, 6) is 0. The molecule has 0 amide bonds. The Balaban J connectivity index is 2.37. The lowest BCUT2D eigenvalue weighted by molar-refractivity contribution is 1.11. The summed E-state index contributed by atoms with van der Waals surface area (Å²) in [4.78, 5) is 0. The van der Waals surface area contributed by atoms with Crippen molar-refractivity contribution >= 4 is 7.92 Å². The highest BCUT2D eigenvalue weighted by atomic mass is 31.1. The van der Waals surface area contributed by atoms with Crippen LogP contribution in [0, 0.1) is 0 Å². The topological polar surface area (TPSA) is 0 Å². The Morgan fingerprint density at radius 1 is 1.75 bits per heavy atom. The molecule has 0 aromatic carbocycles. The van der Waals surface area contributed by atoms with Crippen LogP contribution in [0.3, 0.4) is 0 Å². The van der Waals surface area contributed by atoms with Crippen molar-refractivity contribution in [3.8, 4) is 0 Å². The van der Waals surface area contributed by atoms with Gasteiger partial charge in [0.25, 0.3) is 0 Å². The van der Waals surface area contributed by atoms with Crippen molar-refractivity contribution in [2.45, 2.75) is 13.3 Å². The van der Waals surface area contributed by atoms with E-state index in [0.717, 1.165) is 0 Å². The first kappa shape index (κ1) is 6.29. The van der Waals surface area contributed by atoms with E-state index in [2.05, 4.69) is 19.7 Å². The van der Waals surface area contributed by atoms with Gasteiger partial charge in [-0.1, -0.05) is 18.6 Å². The number of hydrogen-bond donors (Lipinski definition) is 0. The average Bonchev–Trinajstić information content (AvgIpc) is 2.14. The van der Waals surface area contributed by atoms with Crippen LogP contribution in [0.5, 0.6) is 0 Å². The first-order valence-electron chi connectivity index (χ1n) is 3.19. The number of allylic oxidation sites excluding steroid dienone is 2. The smallest absolute Gasteiger partial charge is 0.0114 e. The predicted molar refractivity (Wildman–Crippen MR) is 41.0 cm³/mol. The summed E-state index contributed by atoms with van der Waals surface area (Å²) in [6.07, 6.45) is 6.52. The first-order valence-corrected chi connectivity index (χ1v) is 5.35. The molecule has 1 heteroatoms. The maximum Gasteiger partial charge on any atom is -0.0114 e. The summed E-state index contributed by atoms with van der Waals surface area (Å²) in [5, 5.41) is 0. The largest absolute Gasteiger partial charge is 0.102 e. The number of hydrogen-bond acceptors (Lipinski definition) is 0. The molecule has 0 radical (unpaired) electrons. The third-order valence-corrected chi connectivity index (χ3v) is 3.37. The molecule has 0 aromatic rings. The van der Waals surface area contributed by atoms with Crippen LogP contribution in [-0.4, -0.2) is 19.0 Å². The van der Waals surface area contributed by atoms with Crippen LogP contribution in [0.4, 0.5) is 0 Å². The van der Waals surface area contributed by atoms with E-state index in [0.29, 0.717) is 7.92 Å². The molecule has 0 spiro atoms. The van der Waals surface area contributed by atoms with Gasteiger partial charge >= 0.3 is 0 Å². The van der Waals surface area contributed by atoms with Crippen molar-refractivity contribution in [1.29, 1.82) is 0 Å². The molecule has 0 saturated carbocycles. The quantitative estimate of drug-likeness (QED) is 0.376. The zero-order chi connectivity index (χ0) is 5.98. The second-order valence-electron chi connectivity index (χ2n) is 2.41. The minimum Gasteiger partial charge on any atom is -0.102 e. The Hall–Kier alpha value is 0.170. The van der Waals surface area contributed by atoms with Gasteiger partial charge in [-0.25, -0.2) is 0 Å². The highest BCUT2D eigenvalue weighted by Gasteiger charge is 2.08. The van der Waals surface area contributed by atoms with Crippen LogP contribution in [0.1, 0.15) is 13.3 Å². The lowest BCUT2D eigenvalue weighted by Crippen LogP contribution is -1.78. The van der Waals surface area contributed by atoms with Gasteiger partial charge in [0.05, 0.1) is 0 Å². The van der Waals surface area contributed by atoms with E-state index in [1.54, 1.807) is 5.57 Å². The van der Waals surface area contributed by atoms with Gasteiger partial charge in [-0.2, -0.15) is 0 Å². The highest BCUT2D eigenvalue weighted by molar-refractivity contribution is 7.57. The Kier molecular flexibility index (Phi) is 2.08. The van der Waals surface area contributed by atoms with Crippen LogP contribution in [0.2, 0.25) is 0 Å². The molecule has 0 nitrogen and oxygen atoms in total. The van der Waals surface area contributed by atoms with E-state index in [1.165, 1.54) is 18.7 Å².